The lowest BCUT2D eigenvalue weighted by atomic mass is 9.74. The molecule has 21 heavy (non-hydrogen) atoms. The van der Waals surface area contributed by atoms with Gasteiger partial charge in [0.1, 0.15) is 9.84 Å². The van der Waals surface area contributed by atoms with Gasteiger partial charge in [0.15, 0.2) is 0 Å². The van der Waals surface area contributed by atoms with Crippen LogP contribution in [0.15, 0.2) is 0 Å². The smallest absolute Gasteiger partial charge is 0.150 e. The van der Waals surface area contributed by atoms with Crippen LogP contribution in [0.1, 0.15) is 59.3 Å². The molecule has 0 aliphatic heterocycles. The average Bonchev–Trinajstić information content (AvgIpc) is 2.47. The fourth-order valence-corrected chi connectivity index (χ4v) is 5.17. The summed E-state index contributed by atoms with van der Waals surface area (Å²) in [6.07, 6.45) is 6.93. The van der Waals surface area contributed by atoms with Gasteiger partial charge in [0.2, 0.25) is 0 Å². The Bertz CT molecular complexity index is 395. The van der Waals surface area contributed by atoms with E-state index in [9.17, 15) is 8.42 Å². The average molecular weight is 320 g/mol. The standard InChI is InChI=1S/C16H33NO3S/c1-6-16(7-2,20-4)15(17-8-3)13-10-9-11-14(12-13)21(5,18)19/h13-15,17H,6-12H2,1-5H3. The van der Waals surface area contributed by atoms with Crippen molar-refractivity contribution in [1.82, 2.24) is 5.32 Å². The SMILES string of the molecule is CCNC(C1CCCC(S(C)(=O)=O)C1)C(CC)(CC)OC. The molecule has 0 amide bonds. The highest BCUT2D eigenvalue weighted by Gasteiger charge is 2.43. The molecule has 1 aliphatic rings. The van der Waals surface area contributed by atoms with Crippen molar-refractivity contribution in [2.45, 2.75) is 76.2 Å². The quantitative estimate of drug-likeness (QED) is 0.747. The molecule has 1 rings (SSSR count). The largest absolute Gasteiger partial charge is 0.377 e. The number of sulfone groups is 1. The molecule has 3 unspecified atom stereocenters. The number of ether oxygens (including phenoxy) is 1. The minimum atomic E-state index is -2.94. The molecule has 1 aliphatic carbocycles. The van der Waals surface area contributed by atoms with Crippen molar-refractivity contribution in [1.29, 1.82) is 0 Å². The second-order valence-electron chi connectivity index (χ2n) is 6.39. The molecule has 1 saturated carbocycles. The summed E-state index contributed by atoms with van der Waals surface area (Å²) in [4.78, 5) is 0. The van der Waals surface area contributed by atoms with E-state index in [1.807, 2.05) is 0 Å². The lowest BCUT2D eigenvalue weighted by molar-refractivity contribution is -0.0664. The normalized spacial score (nSPS) is 25.8. The Hall–Kier alpha value is -0.130. The third-order valence-corrected chi connectivity index (χ3v) is 6.98. The molecular weight excluding hydrogens is 286 g/mol. The molecule has 3 atom stereocenters. The summed E-state index contributed by atoms with van der Waals surface area (Å²) in [5.41, 5.74) is -0.194. The van der Waals surface area contributed by atoms with E-state index in [4.69, 9.17) is 4.74 Å². The van der Waals surface area contributed by atoms with E-state index >= 15 is 0 Å². The van der Waals surface area contributed by atoms with E-state index in [0.29, 0.717) is 5.92 Å². The first-order valence-electron chi connectivity index (χ1n) is 8.32. The van der Waals surface area contributed by atoms with Gasteiger partial charge in [-0.2, -0.15) is 0 Å². The fourth-order valence-electron chi connectivity index (χ4n) is 3.98. The highest BCUT2D eigenvalue weighted by atomic mass is 32.2. The maximum Gasteiger partial charge on any atom is 0.150 e. The number of methoxy groups -OCH3 is 1. The summed E-state index contributed by atoms with van der Waals surface area (Å²) in [5.74, 6) is 0.373. The number of nitrogens with one attached hydrogen (secondary N) is 1. The van der Waals surface area contributed by atoms with Gasteiger partial charge in [-0.15, -0.1) is 0 Å². The summed E-state index contributed by atoms with van der Waals surface area (Å²) in [5, 5.41) is 3.42. The monoisotopic (exact) mass is 319 g/mol. The minimum Gasteiger partial charge on any atom is -0.377 e. The van der Waals surface area contributed by atoms with Crippen LogP contribution in [0, 0.1) is 5.92 Å². The Kier molecular flexibility index (Phi) is 7.14. The fraction of sp³-hybridized carbons (Fsp3) is 1.00. The first-order chi connectivity index (χ1) is 9.84. The van der Waals surface area contributed by atoms with Crippen molar-refractivity contribution in [3.05, 3.63) is 0 Å². The molecule has 1 fully saturated rings. The zero-order valence-corrected chi connectivity index (χ0v) is 15.1. The van der Waals surface area contributed by atoms with E-state index < -0.39 is 9.84 Å². The molecule has 1 N–H and O–H groups in total. The first kappa shape index (κ1) is 18.9. The Morgan fingerprint density at radius 1 is 1.24 bits per heavy atom. The van der Waals surface area contributed by atoms with Crippen LogP contribution in [0.2, 0.25) is 0 Å². The van der Waals surface area contributed by atoms with Gasteiger partial charge in [-0.05, 0) is 44.6 Å². The van der Waals surface area contributed by atoms with Crippen molar-refractivity contribution >= 4 is 9.84 Å². The Morgan fingerprint density at radius 2 is 1.86 bits per heavy atom. The lowest BCUT2D eigenvalue weighted by Crippen LogP contribution is -2.56. The van der Waals surface area contributed by atoms with Crippen LogP contribution in [0.5, 0.6) is 0 Å². The lowest BCUT2D eigenvalue weighted by Gasteiger charge is -2.45. The maximum atomic E-state index is 11.9. The predicted octanol–water partition coefficient (Wildman–Crippen LogP) is 2.77. The number of hydrogen-bond donors (Lipinski definition) is 1. The molecule has 0 saturated heterocycles. The van der Waals surface area contributed by atoms with Gasteiger partial charge in [0.25, 0.3) is 0 Å². The third-order valence-electron chi connectivity index (χ3n) is 5.34. The van der Waals surface area contributed by atoms with E-state index in [1.54, 1.807) is 7.11 Å². The van der Waals surface area contributed by atoms with Crippen LogP contribution >= 0.6 is 0 Å². The third kappa shape index (κ3) is 4.42. The van der Waals surface area contributed by atoms with Gasteiger partial charge in [-0.1, -0.05) is 27.2 Å². The number of rotatable bonds is 8. The highest BCUT2D eigenvalue weighted by molar-refractivity contribution is 7.91. The molecular formula is C16H33NO3S. The van der Waals surface area contributed by atoms with Crippen LogP contribution in [0.4, 0.5) is 0 Å². The molecule has 0 aromatic carbocycles. The van der Waals surface area contributed by atoms with Crippen LogP contribution in [-0.2, 0) is 14.6 Å². The molecule has 0 aromatic rings. The molecule has 5 heteroatoms. The summed E-state index contributed by atoms with van der Waals surface area (Å²) < 4.78 is 29.8. The molecule has 0 spiro atoms. The van der Waals surface area contributed by atoms with Crippen molar-refractivity contribution < 1.29 is 13.2 Å². The summed E-state index contributed by atoms with van der Waals surface area (Å²) in [6.45, 7) is 7.31. The van der Waals surface area contributed by atoms with Crippen molar-refractivity contribution in [3.8, 4) is 0 Å². The Morgan fingerprint density at radius 3 is 2.29 bits per heavy atom. The zero-order chi connectivity index (χ0) is 16.1. The van der Waals surface area contributed by atoms with Gasteiger partial charge in [-0.3, -0.25) is 0 Å². The van der Waals surface area contributed by atoms with Crippen LogP contribution in [0.3, 0.4) is 0 Å². The summed E-state index contributed by atoms with van der Waals surface area (Å²) in [6, 6.07) is 0.229. The van der Waals surface area contributed by atoms with Gasteiger partial charge >= 0.3 is 0 Å². The van der Waals surface area contributed by atoms with E-state index in [2.05, 4.69) is 26.1 Å². The van der Waals surface area contributed by atoms with Crippen molar-refractivity contribution in [2.24, 2.45) is 5.92 Å². The summed E-state index contributed by atoms with van der Waals surface area (Å²) >= 11 is 0. The van der Waals surface area contributed by atoms with Crippen molar-refractivity contribution in [3.63, 3.8) is 0 Å². The minimum absolute atomic E-state index is 0.180. The second kappa shape index (κ2) is 7.93. The molecule has 0 bridgehead atoms. The van der Waals surface area contributed by atoms with Gasteiger partial charge < -0.3 is 10.1 Å². The summed E-state index contributed by atoms with van der Waals surface area (Å²) in [7, 11) is -1.16. The Labute approximate surface area is 130 Å². The molecule has 0 heterocycles. The topological polar surface area (TPSA) is 55.4 Å². The van der Waals surface area contributed by atoms with E-state index in [0.717, 1.165) is 45.1 Å². The van der Waals surface area contributed by atoms with E-state index in [-0.39, 0.29) is 16.9 Å². The molecule has 0 aromatic heterocycles. The van der Waals surface area contributed by atoms with Crippen LogP contribution in [0.25, 0.3) is 0 Å². The van der Waals surface area contributed by atoms with Crippen LogP contribution in [-0.4, -0.2) is 45.2 Å². The van der Waals surface area contributed by atoms with Gasteiger partial charge in [0, 0.05) is 19.4 Å². The number of hydrogen-bond acceptors (Lipinski definition) is 4. The molecule has 0 radical (unpaired) electrons. The van der Waals surface area contributed by atoms with Crippen LogP contribution < -0.4 is 5.32 Å². The highest BCUT2D eigenvalue weighted by Crippen LogP contribution is 2.37. The van der Waals surface area contributed by atoms with E-state index in [1.165, 1.54) is 6.26 Å². The molecule has 126 valence electrons. The molecule has 4 nitrogen and oxygen atoms in total. The zero-order valence-electron chi connectivity index (χ0n) is 14.3. The van der Waals surface area contributed by atoms with Gasteiger partial charge in [-0.25, -0.2) is 8.42 Å². The predicted molar refractivity (Wildman–Crippen MR) is 88.4 cm³/mol. The maximum absolute atomic E-state index is 11.9. The Balaban J connectivity index is 2.99. The second-order valence-corrected chi connectivity index (χ2v) is 8.72. The first-order valence-corrected chi connectivity index (χ1v) is 10.3. The van der Waals surface area contributed by atoms with Crippen molar-refractivity contribution in [2.75, 3.05) is 19.9 Å². The van der Waals surface area contributed by atoms with Gasteiger partial charge in [0.05, 0.1) is 10.9 Å². The number of likely N-dealkylation sites (N-methyl/N-ethyl adjacent to an activating group) is 1.